The fourth-order valence-corrected chi connectivity index (χ4v) is 2.66. The highest BCUT2D eigenvalue weighted by Gasteiger charge is 2.25. The minimum Gasteiger partial charge on any atom is -0.303 e. The number of nitrogens with one attached hydrogen (secondary N) is 1. The molecule has 0 radical (unpaired) electrons. The van der Waals surface area contributed by atoms with Crippen molar-refractivity contribution in [2.24, 2.45) is 0 Å². The summed E-state index contributed by atoms with van der Waals surface area (Å²) in [5.41, 5.74) is -0.160. The topological polar surface area (TPSA) is 73.2 Å². The molecule has 6 heteroatoms. The van der Waals surface area contributed by atoms with Crippen molar-refractivity contribution in [2.75, 3.05) is 20.6 Å². The summed E-state index contributed by atoms with van der Waals surface area (Å²) in [4.78, 5) is 1.96. The molecule has 0 heterocycles. The van der Waals surface area contributed by atoms with Crippen molar-refractivity contribution in [3.05, 3.63) is 29.8 Å². The zero-order valence-electron chi connectivity index (χ0n) is 11.6. The van der Waals surface area contributed by atoms with Crippen LogP contribution in [0.15, 0.2) is 29.2 Å². The Morgan fingerprint density at radius 3 is 2.42 bits per heavy atom. The number of hydrogen-bond donors (Lipinski definition) is 1. The third-order valence-electron chi connectivity index (χ3n) is 3.20. The highest BCUT2D eigenvalue weighted by Crippen LogP contribution is 2.15. The number of rotatable bonds is 5. The lowest BCUT2D eigenvalue weighted by molar-refractivity contribution is 0.199. The second-order valence-electron chi connectivity index (χ2n) is 5.14. The van der Waals surface area contributed by atoms with E-state index in [9.17, 15) is 8.42 Å². The van der Waals surface area contributed by atoms with Crippen molar-refractivity contribution in [3.63, 3.8) is 0 Å². The number of likely N-dealkylation sites (N-methyl/N-ethyl adjacent to an activating group) is 1. The molecule has 0 saturated heterocycles. The van der Waals surface area contributed by atoms with Gasteiger partial charge in [0.25, 0.3) is 0 Å². The molecule has 1 rings (SSSR count). The Bertz CT molecular complexity index is 586. The molecular weight excluding hydrogens is 262 g/mol. The molecule has 0 aliphatic heterocycles. The first-order valence-electron chi connectivity index (χ1n) is 5.87. The molecule has 19 heavy (non-hydrogen) atoms. The molecule has 0 aliphatic rings. The third kappa shape index (κ3) is 3.77. The summed E-state index contributed by atoms with van der Waals surface area (Å²) in [6.07, 6.45) is 0. The largest absolute Gasteiger partial charge is 0.303 e. The lowest BCUT2D eigenvalue weighted by Crippen LogP contribution is -2.48. The lowest BCUT2D eigenvalue weighted by atomic mass is 10.1. The highest BCUT2D eigenvalue weighted by atomic mass is 32.2. The van der Waals surface area contributed by atoms with Crippen LogP contribution in [0.25, 0.3) is 0 Å². The van der Waals surface area contributed by atoms with Crippen LogP contribution in [0, 0.1) is 11.3 Å². The SMILES string of the molecule is CN(C)C(C)(C)CNS(=O)(=O)c1ccccc1C#N. The molecule has 0 aromatic heterocycles. The van der Waals surface area contributed by atoms with Gasteiger partial charge >= 0.3 is 0 Å². The quantitative estimate of drug-likeness (QED) is 0.879. The summed E-state index contributed by atoms with van der Waals surface area (Å²) in [5, 5.41) is 8.95. The molecule has 0 fully saturated rings. The molecule has 1 N–H and O–H groups in total. The number of sulfonamides is 1. The Balaban J connectivity index is 2.98. The van der Waals surface area contributed by atoms with E-state index in [4.69, 9.17) is 5.26 Å². The van der Waals surface area contributed by atoms with E-state index in [0.29, 0.717) is 0 Å². The Kier molecular flexibility index (Phi) is 4.69. The van der Waals surface area contributed by atoms with Gasteiger partial charge in [-0.3, -0.25) is 0 Å². The maximum atomic E-state index is 12.2. The first-order chi connectivity index (χ1) is 8.70. The van der Waals surface area contributed by atoms with Crippen LogP contribution < -0.4 is 4.72 Å². The number of hydrogen-bond acceptors (Lipinski definition) is 4. The molecule has 104 valence electrons. The summed E-state index contributed by atoms with van der Waals surface area (Å²) in [7, 11) is 0.104. The van der Waals surface area contributed by atoms with Crippen LogP contribution in [0.5, 0.6) is 0 Å². The molecule has 5 nitrogen and oxygen atoms in total. The van der Waals surface area contributed by atoms with Crippen molar-refractivity contribution in [2.45, 2.75) is 24.3 Å². The monoisotopic (exact) mass is 281 g/mol. The van der Waals surface area contributed by atoms with E-state index in [-0.39, 0.29) is 22.5 Å². The summed E-state index contributed by atoms with van der Waals surface area (Å²) in [6, 6.07) is 8.06. The van der Waals surface area contributed by atoms with Crippen LogP contribution in [0.4, 0.5) is 0 Å². The van der Waals surface area contributed by atoms with E-state index in [0.717, 1.165) is 0 Å². The molecule has 0 amide bonds. The van der Waals surface area contributed by atoms with Gasteiger partial charge in [0, 0.05) is 12.1 Å². The van der Waals surface area contributed by atoms with Crippen molar-refractivity contribution >= 4 is 10.0 Å². The summed E-state index contributed by atoms with van der Waals surface area (Å²) < 4.78 is 27.0. The average molecular weight is 281 g/mol. The maximum absolute atomic E-state index is 12.2. The van der Waals surface area contributed by atoms with Gasteiger partial charge in [0.2, 0.25) is 10.0 Å². The number of nitrogens with zero attached hydrogens (tertiary/aromatic N) is 2. The summed E-state index contributed by atoms with van der Waals surface area (Å²) in [6.45, 7) is 4.14. The summed E-state index contributed by atoms with van der Waals surface area (Å²) in [5.74, 6) is 0. The highest BCUT2D eigenvalue weighted by molar-refractivity contribution is 7.89. The number of nitriles is 1. The smallest absolute Gasteiger partial charge is 0.241 e. The van der Waals surface area contributed by atoms with E-state index in [1.807, 2.05) is 38.9 Å². The standard InChI is InChI=1S/C13H19N3O2S/c1-13(2,16(3)4)10-15-19(17,18)12-8-6-5-7-11(12)9-14/h5-8,15H,10H2,1-4H3. The van der Waals surface area contributed by atoms with Crippen molar-refractivity contribution < 1.29 is 8.42 Å². The van der Waals surface area contributed by atoms with Crippen LogP contribution in [0.3, 0.4) is 0 Å². The first kappa shape index (κ1) is 15.6. The maximum Gasteiger partial charge on any atom is 0.241 e. The fraction of sp³-hybridized carbons (Fsp3) is 0.462. The van der Waals surface area contributed by atoms with Gasteiger partial charge in [-0.25, -0.2) is 13.1 Å². The van der Waals surface area contributed by atoms with E-state index >= 15 is 0 Å². The molecule has 0 aliphatic carbocycles. The normalized spacial score (nSPS) is 12.4. The van der Waals surface area contributed by atoms with Gasteiger partial charge in [-0.05, 0) is 40.1 Å². The van der Waals surface area contributed by atoms with E-state index < -0.39 is 10.0 Å². The minimum absolute atomic E-state index is 0.0204. The minimum atomic E-state index is -3.67. The Morgan fingerprint density at radius 2 is 1.89 bits per heavy atom. The predicted molar refractivity (Wildman–Crippen MR) is 74.1 cm³/mol. The van der Waals surface area contributed by atoms with E-state index in [1.54, 1.807) is 12.1 Å². The van der Waals surface area contributed by atoms with Crippen molar-refractivity contribution in [1.29, 1.82) is 5.26 Å². The van der Waals surface area contributed by atoms with E-state index in [1.165, 1.54) is 12.1 Å². The van der Waals surface area contributed by atoms with Crippen molar-refractivity contribution in [1.82, 2.24) is 9.62 Å². The molecule has 0 bridgehead atoms. The van der Waals surface area contributed by atoms with Crippen LogP contribution in [0.2, 0.25) is 0 Å². The summed E-state index contributed by atoms with van der Waals surface area (Å²) >= 11 is 0. The molecule has 0 spiro atoms. The molecule has 0 saturated carbocycles. The molecule has 1 aromatic carbocycles. The molecule has 0 unspecified atom stereocenters. The second-order valence-corrected chi connectivity index (χ2v) is 6.87. The second kappa shape index (κ2) is 5.70. The average Bonchev–Trinajstić information content (AvgIpc) is 2.36. The van der Waals surface area contributed by atoms with Crippen LogP contribution in [-0.2, 0) is 10.0 Å². The van der Waals surface area contributed by atoms with Gasteiger partial charge in [0.1, 0.15) is 6.07 Å². The van der Waals surface area contributed by atoms with Gasteiger partial charge in [0.05, 0.1) is 10.5 Å². The lowest BCUT2D eigenvalue weighted by Gasteiger charge is -2.32. The number of benzene rings is 1. The predicted octanol–water partition coefficient (Wildman–Crippen LogP) is 1.18. The molecule has 0 atom stereocenters. The Labute approximate surface area is 114 Å². The first-order valence-corrected chi connectivity index (χ1v) is 7.35. The van der Waals surface area contributed by atoms with Crippen molar-refractivity contribution in [3.8, 4) is 6.07 Å². The zero-order chi connectivity index (χ0) is 14.7. The Hall–Kier alpha value is -1.42. The van der Waals surface area contributed by atoms with Gasteiger partial charge < -0.3 is 4.90 Å². The fourth-order valence-electron chi connectivity index (χ4n) is 1.30. The van der Waals surface area contributed by atoms with Gasteiger partial charge in [-0.1, -0.05) is 12.1 Å². The zero-order valence-corrected chi connectivity index (χ0v) is 12.5. The van der Waals surface area contributed by atoms with Crippen LogP contribution in [0.1, 0.15) is 19.4 Å². The third-order valence-corrected chi connectivity index (χ3v) is 4.66. The van der Waals surface area contributed by atoms with E-state index in [2.05, 4.69) is 4.72 Å². The Morgan fingerprint density at radius 1 is 1.32 bits per heavy atom. The molecular formula is C13H19N3O2S. The van der Waals surface area contributed by atoms with Gasteiger partial charge in [-0.15, -0.1) is 0 Å². The van der Waals surface area contributed by atoms with Gasteiger partial charge in [0.15, 0.2) is 0 Å². The van der Waals surface area contributed by atoms with Crippen LogP contribution >= 0.6 is 0 Å². The van der Waals surface area contributed by atoms with Gasteiger partial charge in [-0.2, -0.15) is 5.26 Å². The van der Waals surface area contributed by atoms with Crippen LogP contribution in [-0.4, -0.2) is 39.5 Å². The molecule has 1 aromatic rings.